The van der Waals surface area contributed by atoms with Gasteiger partial charge in [0.2, 0.25) is 5.91 Å². The van der Waals surface area contributed by atoms with Gasteiger partial charge >= 0.3 is 6.09 Å². The highest BCUT2D eigenvalue weighted by molar-refractivity contribution is 5.90. The van der Waals surface area contributed by atoms with Crippen molar-refractivity contribution in [1.29, 1.82) is 0 Å². The topological polar surface area (TPSA) is 124 Å². The molecule has 10 heteroatoms. The van der Waals surface area contributed by atoms with Crippen LogP contribution in [0, 0.1) is 12.7 Å². The van der Waals surface area contributed by atoms with Gasteiger partial charge in [0, 0.05) is 42.9 Å². The van der Waals surface area contributed by atoms with Crippen LogP contribution in [-0.4, -0.2) is 46.4 Å². The zero-order valence-electron chi connectivity index (χ0n) is 20.6. The number of pyridine rings is 1. The quantitative estimate of drug-likeness (QED) is 0.350. The molecule has 1 atom stereocenters. The summed E-state index contributed by atoms with van der Waals surface area (Å²) in [5.41, 5.74) is 4.10. The number of hydrogen-bond acceptors (Lipinski definition) is 7. The van der Waals surface area contributed by atoms with Crippen molar-refractivity contribution in [3.8, 4) is 16.9 Å². The summed E-state index contributed by atoms with van der Waals surface area (Å²) in [5.74, 6) is -0.619. The molecule has 4 N–H and O–H groups in total. The van der Waals surface area contributed by atoms with E-state index >= 15 is 4.39 Å². The van der Waals surface area contributed by atoms with Gasteiger partial charge in [0.05, 0.1) is 31.1 Å². The van der Waals surface area contributed by atoms with E-state index in [0.29, 0.717) is 46.7 Å². The molecular formula is C27H29FN4O5. The number of aliphatic hydroxyl groups excluding tert-OH is 1. The van der Waals surface area contributed by atoms with Crippen molar-refractivity contribution in [2.75, 3.05) is 18.0 Å². The molecule has 37 heavy (non-hydrogen) atoms. The minimum absolute atomic E-state index is 0.0683. The molecule has 4 rings (SSSR count). The lowest BCUT2D eigenvalue weighted by Gasteiger charge is -2.15. The SMILES string of the molecule is CC(=O)NC[C@H]1CN(c2ccc(-c3ccc(CNCc4c(CO)cnc(C)c4O)cc3)c(F)c2)C(=O)O1. The van der Waals surface area contributed by atoms with Gasteiger partial charge in [0.25, 0.3) is 0 Å². The van der Waals surface area contributed by atoms with Gasteiger partial charge in [-0.15, -0.1) is 0 Å². The Morgan fingerprint density at radius 1 is 1.22 bits per heavy atom. The fourth-order valence-corrected chi connectivity index (χ4v) is 4.15. The van der Waals surface area contributed by atoms with Gasteiger partial charge in [0.15, 0.2) is 0 Å². The summed E-state index contributed by atoms with van der Waals surface area (Å²) < 4.78 is 20.2. The van der Waals surface area contributed by atoms with E-state index in [2.05, 4.69) is 15.6 Å². The monoisotopic (exact) mass is 508 g/mol. The highest BCUT2D eigenvalue weighted by Crippen LogP contribution is 2.29. The van der Waals surface area contributed by atoms with Crippen LogP contribution in [0.15, 0.2) is 48.7 Å². The zero-order valence-corrected chi connectivity index (χ0v) is 20.6. The summed E-state index contributed by atoms with van der Waals surface area (Å²) in [5, 5.41) is 25.6. The molecule has 1 aliphatic heterocycles. The normalized spacial score (nSPS) is 15.1. The molecule has 1 aliphatic rings. The second-order valence-corrected chi connectivity index (χ2v) is 8.87. The van der Waals surface area contributed by atoms with E-state index in [-0.39, 0.29) is 31.4 Å². The first-order valence-corrected chi connectivity index (χ1v) is 11.9. The number of aliphatic hydroxyl groups is 1. The van der Waals surface area contributed by atoms with Crippen molar-refractivity contribution in [3.63, 3.8) is 0 Å². The Kier molecular flexibility index (Phi) is 8.00. The predicted molar refractivity (Wildman–Crippen MR) is 135 cm³/mol. The van der Waals surface area contributed by atoms with E-state index in [1.165, 1.54) is 17.9 Å². The number of aryl methyl sites for hydroxylation is 1. The molecule has 0 unspecified atom stereocenters. The first-order valence-electron chi connectivity index (χ1n) is 11.9. The number of ether oxygens (including phenoxy) is 1. The van der Waals surface area contributed by atoms with E-state index in [9.17, 15) is 19.8 Å². The molecule has 194 valence electrons. The lowest BCUT2D eigenvalue weighted by atomic mass is 10.0. The highest BCUT2D eigenvalue weighted by atomic mass is 19.1. The third-order valence-electron chi connectivity index (χ3n) is 6.21. The van der Waals surface area contributed by atoms with Crippen LogP contribution in [0.1, 0.15) is 29.3 Å². The molecular weight excluding hydrogens is 479 g/mol. The van der Waals surface area contributed by atoms with Crippen LogP contribution in [0.25, 0.3) is 11.1 Å². The van der Waals surface area contributed by atoms with Crippen LogP contribution < -0.4 is 15.5 Å². The maximum Gasteiger partial charge on any atom is 0.414 e. The molecule has 9 nitrogen and oxygen atoms in total. The summed E-state index contributed by atoms with van der Waals surface area (Å²) in [7, 11) is 0. The highest BCUT2D eigenvalue weighted by Gasteiger charge is 2.32. The molecule has 1 saturated heterocycles. The van der Waals surface area contributed by atoms with Gasteiger partial charge in [-0.1, -0.05) is 24.3 Å². The summed E-state index contributed by atoms with van der Waals surface area (Å²) in [6, 6.07) is 12.0. The maximum atomic E-state index is 15.0. The van der Waals surface area contributed by atoms with Gasteiger partial charge in [-0.3, -0.25) is 14.7 Å². The third kappa shape index (κ3) is 6.04. The second kappa shape index (κ2) is 11.4. The van der Waals surface area contributed by atoms with E-state index in [1.54, 1.807) is 25.3 Å². The van der Waals surface area contributed by atoms with E-state index in [0.717, 1.165) is 5.56 Å². The van der Waals surface area contributed by atoms with Gasteiger partial charge in [-0.25, -0.2) is 9.18 Å². The van der Waals surface area contributed by atoms with Crippen molar-refractivity contribution in [1.82, 2.24) is 15.6 Å². The Balaban J connectivity index is 1.38. The lowest BCUT2D eigenvalue weighted by molar-refractivity contribution is -0.119. The van der Waals surface area contributed by atoms with Crippen molar-refractivity contribution in [2.45, 2.75) is 39.6 Å². The molecule has 0 aliphatic carbocycles. The average molecular weight is 509 g/mol. The molecule has 2 heterocycles. The standard InChI is InChI=1S/C27H29FN4O5/c1-16-26(35)24(20(15-33)11-30-16)13-29-10-18-3-5-19(6-4-18)23-8-7-21(9-25(23)28)32-14-22(37-27(32)36)12-31-17(2)34/h3-9,11,22,29,33,35H,10,12-15H2,1-2H3,(H,31,34)/t22-/m0/s1. The molecule has 0 radical (unpaired) electrons. The first kappa shape index (κ1) is 26.1. The van der Waals surface area contributed by atoms with Gasteiger partial charge in [-0.2, -0.15) is 0 Å². The fraction of sp³-hybridized carbons (Fsp3) is 0.296. The number of rotatable bonds is 9. The molecule has 2 amide bonds. The Labute approximate surface area is 213 Å². The number of halogens is 1. The summed E-state index contributed by atoms with van der Waals surface area (Å²) >= 11 is 0. The second-order valence-electron chi connectivity index (χ2n) is 8.87. The van der Waals surface area contributed by atoms with E-state index in [1.807, 2.05) is 24.3 Å². The number of anilines is 1. The zero-order chi connectivity index (χ0) is 26.5. The average Bonchev–Trinajstić information content (AvgIpc) is 3.26. The van der Waals surface area contributed by atoms with Crippen molar-refractivity contribution in [3.05, 3.63) is 76.9 Å². The van der Waals surface area contributed by atoms with Gasteiger partial charge in [-0.05, 0) is 36.2 Å². The number of nitrogens with zero attached hydrogens (tertiary/aromatic N) is 2. The van der Waals surface area contributed by atoms with Gasteiger partial charge < -0.3 is 25.6 Å². The first-order chi connectivity index (χ1) is 17.8. The van der Waals surface area contributed by atoms with Crippen LogP contribution in [0.4, 0.5) is 14.9 Å². The van der Waals surface area contributed by atoms with E-state index < -0.39 is 18.0 Å². The van der Waals surface area contributed by atoms with Crippen molar-refractivity contribution >= 4 is 17.7 Å². The number of carbonyl (C=O) groups is 2. The van der Waals surface area contributed by atoms with Crippen LogP contribution in [0.5, 0.6) is 5.75 Å². The van der Waals surface area contributed by atoms with Crippen LogP contribution in [0.2, 0.25) is 0 Å². The van der Waals surface area contributed by atoms with Crippen molar-refractivity contribution in [2.24, 2.45) is 0 Å². The molecule has 0 bridgehead atoms. The molecule has 3 aromatic rings. The Morgan fingerprint density at radius 2 is 1.97 bits per heavy atom. The third-order valence-corrected chi connectivity index (χ3v) is 6.21. The lowest BCUT2D eigenvalue weighted by Crippen LogP contribution is -2.33. The number of aromatic hydroxyl groups is 1. The number of amides is 2. The Hall–Kier alpha value is -4.02. The largest absolute Gasteiger partial charge is 0.506 e. The Morgan fingerprint density at radius 3 is 2.65 bits per heavy atom. The smallest absolute Gasteiger partial charge is 0.414 e. The molecule has 1 fully saturated rings. The van der Waals surface area contributed by atoms with Crippen molar-refractivity contribution < 1.29 is 28.9 Å². The molecule has 1 aromatic heterocycles. The number of hydrogen-bond donors (Lipinski definition) is 4. The maximum absolute atomic E-state index is 15.0. The predicted octanol–water partition coefficient (Wildman–Crippen LogP) is 3.15. The van der Waals surface area contributed by atoms with Crippen LogP contribution >= 0.6 is 0 Å². The Bertz CT molecular complexity index is 1300. The molecule has 0 spiro atoms. The van der Waals surface area contributed by atoms with E-state index in [4.69, 9.17) is 4.74 Å². The molecule has 2 aromatic carbocycles. The van der Waals surface area contributed by atoms with Gasteiger partial charge in [0.1, 0.15) is 17.7 Å². The fourth-order valence-electron chi connectivity index (χ4n) is 4.15. The van der Waals surface area contributed by atoms with Crippen LogP contribution in [0.3, 0.4) is 0 Å². The summed E-state index contributed by atoms with van der Waals surface area (Å²) in [6.07, 6.45) is 0.472. The number of nitrogens with one attached hydrogen (secondary N) is 2. The number of aromatic nitrogens is 1. The summed E-state index contributed by atoms with van der Waals surface area (Å²) in [6.45, 7) is 4.15. The minimum atomic E-state index is -0.583. The molecule has 0 saturated carbocycles. The number of benzene rings is 2. The van der Waals surface area contributed by atoms with Crippen LogP contribution in [-0.2, 0) is 29.2 Å². The number of cyclic esters (lactones) is 1. The minimum Gasteiger partial charge on any atom is -0.506 e. The number of carbonyl (C=O) groups excluding carboxylic acids is 2. The summed E-state index contributed by atoms with van der Waals surface area (Å²) in [4.78, 5) is 28.7.